The summed E-state index contributed by atoms with van der Waals surface area (Å²) >= 11 is 4.82. The normalized spacial score (nSPS) is 10.0. The van der Waals surface area contributed by atoms with Crippen LogP contribution < -0.4 is 5.73 Å². The second-order valence-electron chi connectivity index (χ2n) is 2.36. The van der Waals surface area contributed by atoms with Crippen molar-refractivity contribution in [1.82, 2.24) is 9.97 Å². The first kappa shape index (κ1) is 8.20. The molecule has 0 saturated carbocycles. The van der Waals surface area contributed by atoms with Gasteiger partial charge in [-0.3, -0.25) is 0 Å². The minimum atomic E-state index is 0.384. The van der Waals surface area contributed by atoms with E-state index in [1.54, 1.807) is 0 Å². The zero-order chi connectivity index (χ0) is 8.43. The molecular weight excluding hydrogens is 158 g/mol. The van der Waals surface area contributed by atoms with Crippen molar-refractivity contribution in [3.8, 4) is 0 Å². The van der Waals surface area contributed by atoms with E-state index in [4.69, 9.17) is 18.0 Å². The Bertz CT molecular complexity index is 277. The Morgan fingerprint density at radius 1 is 1.73 bits per heavy atom. The summed E-state index contributed by atoms with van der Waals surface area (Å²) in [6.45, 7) is 3.92. The molecule has 0 aromatic carbocycles. The summed E-state index contributed by atoms with van der Waals surface area (Å²) in [5.74, 6) is 0.935. The van der Waals surface area contributed by atoms with Gasteiger partial charge in [-0.25, -0.2) is 4.98 Å². The molecule has 0 amide bonds. The van der Waals surface area contributed by atoms with E-state index < -0.39 is 0 Å². The average Bonchev–Trinajstić information content (AvgIpc) is 2.30. The third-order valence-electron chi connectivity index (χ3n) is 1.52. The number of rotatable bonds is 2. The van der Waals surface area contributed by atoms with E-state index >= 15 is 0 Å². The van der Waals surface area contributed by atoms with Crippen molar-refractivity contribution in [2.45, 2.75) is 20.3 Å². The van der Waals surface area contributed by atoms with Gasteiger partial charge < -0.3 is 10.7 Å². The quantitative estimate of drug-likeness (QED) is 0.647. The van der Waals surface area contributed by atoms with Crippen molar-refractivity contribution in [2.75, 3.05) is 0 Å². The van der Waals surface area contributed by atoms with Gasteiger partial charge in [0.15, 0.2) is 0 Å². The van der Waals surface area contributed by atoms with E-state index in [-0.39, 0.29) is 0 Å². The Morgan fingerprint density at radius 3 is 2.64 bits per heavy atom. The number of nitrogens with zero attached hydrogens (tertiary/aromatic N) is 1. The molecular formula is C7H11N3S. The van der Waals surface area contributed by atoms with E-state index in [1.165, 1.54) is 0 Å². The van der Waals surface area contributed by atoms with E-state index in [2.05, 4.69) is 9.97 Å². The van der Waals surface area contributed by atoms with Crippen LogP contribution in [0.2, 0.25) is 0 Å². The van der Waals surface area contributed by atoms with Crippen LogP contribution in [0.5, 0.6) is 0 Å². The summed E-state index contributed by atoms with van der Waals surface area (Å²) in [5.41, 5.74) is 7.12. The Kier molecular flexibility index (Phi) is 2.24. The van der Waals surface area contributed by atoms with Crippen LogP contribution in [0.25, 0.3) is 0 Å². The highest BCUT2D eigenvalue weighted by Gasteiger charge is 2.05. The summed E-state index contributed by atoms with van der Waals surface area (Å²) in [7, 11) is 0. The third kappa shape index (κ3) is 1.57. The molecule has 1 rings (SSSR count). The van der Waals surface area contributed by atoms with Gasteiger partial charge in [0.2, 0.25) is 0 Å². The molecule has 1 aromatic rings. The van der Waals surface area contributed by atoms with Crippen molar-refractivity contribution >= 4 is 17.2 Å². The molecule has 4 heteroatoms. The van der Waals surface area contributed by atoms with Crippen LogP contribution in [0.4, 0.5) is 0 Å². The van der Waals surface area contributed by atoms with Gasteiger partial charge in [0, 0.05) is 6.42 Å². The summed E-state index contributed by atoms with van der Waals surface area (Å²) < 4.78 is 0. The molecule has 0 spiro atoms. The van der Waals surface area contributed by atoms with Crippen LogP contribution in [-0.2, 0) is 6.42 Å². The Balaban J connectivity index is 3.07. The van der Waals surface area contributed by atoms with Crippen molar-refractivity contribution in [2.24, 2.45) is 5.73 Å². The average molecular weight is 169 g/mol. The number of thiocarbonyl (C=S) groups is 1. The zero-order valence-corrected chi connectivity index (χ0v) is 7.46. The minimum absolute atomic E-state index is 0.384. The molecule has 3 nitrogen and oxygen atoms in total. The summed E-state index contributed by atoms with van der Waals surface area (Å²) in [5, 5.41) is 0. The maximum Gasteiger partial charge on any atom is 0.122 e. The van der Waals surface area contributed by atoms with Gasteiger partial charge in [-0.1, -0.05) is 19.1 Å². The summed E-state index contributed by atoms with van der Waals surface area (Å²) in [6, 6.07) is 0. The highest BCUT2D eigenvalue weighted by atomic mass is 32.1. The Hall–Kier alpha value is -0.900. The number of nitrogens with two attached hydrogens (primary N) is 1. The Labute approximate surface area is 71.0 Å². The lowest BCUT2D eigenvalue weighted by atomic mass is 10.3. The van der Waals surface area contributed by atoms with Crippen LogP contribution in [0, 0.1) is 6.92 Å². The lowest BCUT2D eigenvalue weighted by Gasteiger charge is -1.91. The molecule has 0 unspecified atom stereocenters. The van der Waals surface area contributed by atoms with Gasteiger partial charge in [-0.15, -0.1) is 0 Å². The first-order valence-electron chi connectivity index (χ1n) is 3.50. The highest BCUT2D eigenvalue weighted by molar-refractivity contribution is 7.80. The second kappa shape index (κ2) is 3.00. The number of aromatic amines is 1. The largest absolute Gasteiger partial charge is 0.388 e. The fraction of sp³-hybridized carbons (Fsp3) is 0.429. The minimum Gasteiger partial charge on any atom is -0.388 e. The number of H-pyrrole nitrogens is 1. The maximum absolute atomic E-state index is 5.44. The molecule has 0 saturated heterocycles. The van der Waals surface area contributed by atoms with Gasteiger partial charge in [-0.2, -0.15) is 0 Å². The van der Waals surface area contributed by atoms with Crippen LogP contribution in [0.3, 0.4) is 0 Å². The molecule has 0 aliphatic carbocycles. The van der Waals surface area contributed by atoms with Crippen molar-refractivity contribution < 1.29 is 0 Å². The second-order valence-corrected chi connectivity index (χ2v) is 2.80. The van der Waals surface area contributed by atoms with Crippen LogP contribution in [-0.4, -0.2) is 15.0 Å². The van der Waals surface area contributed by atoms with Crippen LogP contribution >= 0.6 is 12.2 Å². The third-order valence-corrected chi connectivity index (χ3v) is 1.72. The monoisotopic (exact) mass is 169 g/mol. The smallest absolute Gasteiger partial charge is 0.122 e. The van der Waals surface area contributed by atoms with Gasteiger partial charge in [0.25, 0.3) is 0 Å². The zero-order valence-electron chi connectivity index (χ0n) is 6.64. The predicted molar refractivity (Wildman–Crippen MR) is 48.6 cm³/mol. The number of aryl methyl sites for hydroxylation is 2. The fourth-order valence-electron chi connectivity index (χ4n) is 0.928. The first-order chi connectivity index (χ1) is 5.15. The SMILES string of the molecule is CCc1nc(C)c(C(N)=S)[nH]1. The van der Waals surface area contributed by atoms with Crippen molar-refractivity contribution in [3.63, 3.8) is 0 Å². The molecule has 1 aromatic heterocycles. The van der Waals surface area contributed by atoms with E-state index in [0.29, 0.717) is 4.99 Å². The summed E-state index contributed by atoms with van der Waals surface area (Å²) in [6.07, 6.45) is 0.878. The predicted octanol–water partition coefficient (Wildman–Crippen LogP) is 0.915. The first-order valence-corrected chi connectivity index (χ1v) is 3.91. The molecule has 1 heterocycles. The molecule has 0 bridgehead atoms. The number of hydrogen-bond acceptors (Lipinski definition) is 2. The number of imidazole rings is 1. The molecule has 11 heavy (non-hydrogen) atoms. The van der Waals surface area contributed by atoms with Crippen molar-refractivity contribution in [3.05, 3.63) is 17.2 Å². The maximum atomic E-state index is 5.44. The molecule has 0 aliphatic heterocycles. The number of hydrogen-bond donors (Lipinski definition) is 2. The lowest BCUT2D eigenvalue weighted by molar-refractivity contribution is 0.981. The van der Waals surface area contributed by atoms with E-state index in [9.17, 15) is 0 Å². The van der Waals surface area contributed by atoms with Gasteiger partial charge in [0.1, 0.15) is 10.8 Å². The number of nitrogens with one attached hydrogen (secondary N) is 1. The standard InChI is InChI=1S/C7H11N3S/c1-3-5-9-4(2)6(10-5)7(8)11/h3H2,1-2H3,(H2,8,11)(H,9,10). The summed E-state index contributed by atoms with van der Waals surface area (Å²) in [4.78, 5) is 7.66. The Morgan fingerprint density at radius 2 is 2.36 bits per heavy atom. The molecule has 0 radical (unpaired) electrons. The molecule has 0 fully saturated rings. The molecule has 60 valence electrons. The molecule has 0 atom stereocenters. The highest BCUT2D eigenvalue weighted by Crippen LogP contribution is 2.04. The van der Waals surface area contributed by atoms with Gasteiger partial charge in [-0.05, 0) is 6.92 Å². The fourth-order valence-corrected chi connectivity index (χ4v) is 1.13. The molecule has 0 aliphatic rings. The van der Waals surface area contributed by atoms with E-state index in [1.807, 2.05) is 13.8 Å². The van der Waals surface area contributed by atoms with E-state index in [0.717, 1.165) is 23.6 Å². The topological polar surface area (TPSA) is 54.7 Å². The van der Waals surface area contributed by atoms with Gasteiger partial charge >= 0.3 is 0 Å². The molecule has 3 N–H and O–H groups in total. The number of aromatic nitrogens is 2. The van der Waals surface area contributed by atoms with Crippen LogP contribution in [0.1, 0.15) is 24.1 Å². The van der Waals surface area contributed by atoms with Gasteiger partial charge in [0.05, 0.1) is 11.4 Å². The lowest BCUT2D eigenvalue weighted by Crippen LogP contribution is -2.11. The van der Waals surface area contributed by atoms with Crippen LogP contribution in [0.15, 0.2) is 0 Å². The van der Waals surface area contributed by atoms with Crippen molar-refractivity contribution in [1.29, 1.82) is 0 Å².